The van der Waals surface area contributed by atoms with E-state index in [4.69, 9.17) is 0 Å². The number of rotatable bonds is 2. The number of likely N-dealkylation sites (tertiary alicyclic amines) is 1. The number of carbonyl (C=O) groups is 1. The van der Waals surface area contributed by atoms with Crippen molar-refractivity contribution < 1.29 is 4.79 Å². The van der Waals surface area contributed by atoms with E-state index >= 15 is 0 Å². The molecule has 1 saturated heterocycles. The molecule has 0 amide bonds. The monoisotopic (exact) mass is 209 g/mol. The maximum Gasteiger partial charge on any atom is 0.159 e. The quantitative estimate of drug-likeness (QED) is 0.652. The summed E-state index contributed by atoms with van der Waals surface area (Å²) in [5.41, 5.74) is 0.106. The van der Waals surface area contributed by atoms with Crippen LogP contribution in [0.15, 0.2) is 12.7 Å². The Bertz CT molecular complexity index is 278. The Hall–Kier alpha value is -0.630. The van der Waals surface area contributed by atoms with Crippen molar-refractivity contribution in [3.8, 4) is 0 Å². The minimum absolute atomic E-state index is 0.0764. The van der Waals surface area contributed by atoms with E-state index in [0.29, 0.717) is 0 Å². The molecule has 1 atom stereocenters. The van der Waals surface area contributed by atoms with Crippen LogP contribution in [-0.4, -0.2) is 28.8 Å². The summed E-state index contributed by atoms with van der Waals surface area (Å²) in [4.78, 5) is 14.1. The van der Waals surface area contributed by atoms with Crippen LogP contribution in [0.2, 0.25) is 0 Å². The number of carbonyl (C=O) groups excluding carboxylic acids is 1. The van der Waals surface area contributed by atoms with E-state index < -0.39 is 0 Å². The second kappa shape index (κ2) is 3.75. The maximum atomic E-state index is 11.8. The summed E-state index contributed by atoms with van der Waals surface area (Å²) in [5.74, 6) is 0.273. The molecule has 86 valence electrons. The van der Waals surface area contributed by atoms with Gasteiger partial charge in [-0.05, 0) is 53.7 Å². The lowest BCUT2D eigenvalue weighted by molar-refractivity contribution is -0.129. The van der Waals surface area contributed by atoms with Crippen LogP contribution in [0.4, 0.5) is 0 Å². The second-order valence-electron chi connectivity index (χ2n) is 5.72. The third kappa shape index (κ3) is 2.00. The molecule has 0 aliphatic carbocycles. The van der Waals surface area contributed by atoms with Crippen molar-refractivity contribution in [1.82, 2.24) is 4.90 Å². The molecule has 1 unspecified atom stereocenters. The van der Waals surface area contributed by atoms with Gasteiger partial charge >= 0.3 is 0 Å². The van der Waals surface area contributed by atoms with E-state index in [9.17, 15) is 4.79 Å². The normalized spacial score (nSPS) is 29.8. The summed E-state index contributed by atoms with van der Waals surface area (Å²) < 4.78 is 0. The van der Waals surface area contributed by atoms with Gasteiger partial charge in [0.2, 0.25) is 0 Å². The molecule has 0 N–H and O–H groups in total. The molecule has 0 aromatic rings. The van der Waals surface area contributed by atoms with Crippen LogP contribution in [0.3, 0.4) is 0 Å². The fraction of sp³-hybridized carbons (Fsp3) is 0.769. The SMILES string of the molecule is C=CC(=O)C1CCC(C)(C)N(C)C1(C)C. The van der Waals surface area contributed by atoms with Gasteiger partial charge in [-0.25, -0.2) is 0 Å². The number of ketones is 1. The highest BCUT2D eigenvalue weighted by Gasteiger charge is 2.46. The van der Waals surface area contributed by atoms with Crippen molar-refractivity contribution in [2.45, 2.75) is 51.6 Å². The van der Waals surface area contributed by atoms with Crippen LogP contribution in [-0.2, 0) is 4.79 Å². The molecule has 2 nitrogen and oxygen atoms in total. The van der Waals surface area contributed by atoms with E-state index in [1.165, 1.54) is 6.08 Å². The standard InChI is InChI=1S/C13H23NO/c1-7-11(15)10-8-9-12(2,3)14(6)13(10,4)5/h7,10H,1,8-9H2,2-6H3. The van der Waals surface area contributed by atoms with Gasteiger partial charge in [0, 0.05) is 17.0 Å². The van der Waals surface area contributed by atoms with Crippen LogP contribution >= 0.6 is 0 Å². The van der Waals surface area contributed by atoms with Crippen molar-refractivity contribution in [2.75, 3.05) is 7.05 Å². The van der Waals surface area contributed by atoms with Gasteiger partial charge in [-0.3, -0.25) is 9.69 Å². The van der Waals surface area contributed by atoms with Crippen molar-refractivity contribution in [2.24, 2.45) is 5.92 Å². The van der Waals surface area contributed by atoms with Crippen LogP contribution in [0, 0.1) is 5.92 Å². The van der Waals surface area contributed by atoms with Gasteiger partial charge in [0.05, 0.1) is 0 Å². The fourth-order valence-corrected chi connectivity index (χ4v) is 2.66. The Labute approximate surface area is 93.3 Å². The van der Waals surface area contributed by atoms with Gasteiger partial charge in [-0.15, -0.1) is 0 Å². The second-order valence-corrected chi connectivity index (χ2v) is 5.72. The minimum Gasteiger partial charge on any atom is -0.295 e. The number of piperidine rings is 1. The average molecular weight is 209 g/mol. The molecule has 0 bridgehead atoms. The average Bonchev–Trinajstić information content (AvgIpc) is 2.14. The van der Waals surface area contributed by atoms with E-state index in [-0.39, 0.29) is 22.8 Å². The summed E-state index contributed by atoms with van der Waals surface area (Å²) in [7, 11) is 2.11. The first kappa shape index (κ1) is 12.4. The van der Waals surface area contributed by atoms with E-state index in [2.05, 4.69) is 46.2 Å². The smallest absolute Gasteiger partial charge is 0.159 e. The predicted octanol–water partition coefficient (Wildman–Crippen LogP) is 2.64. The van der Waals surface area contributed by atoms with E-state index in [0.717, 1.165) is 12.8 Å². The highest BCUT2D eigenvalue weighted by Crippen LogP contribution is 2.41. The van der Waals surface area contributed by atoms with E-state index in [1.807, 2.05) is 0 Å². The summed E-state index contributed by atoms with van der Waals surface area (Å²) >= 11 is 0. The summed E-state index contributed by atoms with van der Waals surface area (Å²) in [6, 6.07) is 0. The molecule has 1 fully saturated rings. The van der Waals surface area contributed by atoms with Crippen molar-refractivity contribution >= 4 is 5.78 Å². The van der Waals surface area contributed by atoms with Gasteiger partial charge in [-0.1, -0.05) is 6.58 Å². The zero-order valence-electron chi connectivity index (χ0n) is 10.6. The Morgan fingerprint density at radius 2 is 1.93 bits per heavy atom. The first-order valence-electron chi connectivity index (χ1n) is 5.63. The van der Waals surface area contributed by atoms with E-state index in [1.54, 1.807) is 0 Å². The first-order valence-corrected chi connectivity index (χ1v) is 5.63. The largest absolute Gasteiger partial charge is 0.295 e. The molecule has 0 aromatic carbocycles. The molecule has 0 radical (unpaired) electrons. The Balaban J connectivity index is 2.98. The maximum absolute atomic E-state index is 11.8. The highest BCUT2D eigenvalue weighted by molar-refractivity contribution is 5.92. The first-order chi connectivity index (χ1) is 6.73. The summed E-state index contributed by atoms with van der Waals surface area (Å²) in [5, 5.41) is 0. The molecule has 1 aliphatic heterocycles. The zero-order chi connectivity index (χ0) is 11.9. The molecule has 1 rings (SSSR count). The van der Waals surface area contributed by atoms with Crippen molar-refractivity contribution in [1.29, 1.82) is 0 Å². The van der Waals surface area contributed by atoms with Gasteiger partial charge in [-0.2, -0.15) is 0 Å². The van der Waals surface area contributed by atoms with Crippen LogP contribution in [0.25, 0.3) is 0 Å². The molecule has 2 heteroatoms. The number of allylic oxidation sites excluding steroid dienone is 1. The third-order valence-corrected chi connectivity index (χ3v) is 4.21. The van der Waals surface area contributed by atoms with Crippen molar-refractivity contribution in [3.63, 3.8) is 0 Å². The topological polar surface area (TPSA) is 20.3 Å². The molecular weight excluding hydrogens is 186 g/mol. The van der Waals surface area contributed by atoms with Crippen LogP contribution in [0.1, 0.15) is 40.5 Å². The number of hydrogen-bond donors (Lipinski definition) is 0. The molecule has 0 saturated carbocycles. The number of nitrogens with zero attached hydrogens (tertiary/aromatic N) is 1. The van der Waals surface area contributed by atoms with Crippen LogP contribution in [0.5, 0.6) is 0 Å². The molecular formula is C13H23NO. The molecule has 0 aromatic heterocycles. The Morgan fingerprint density at radius 3 is 2.40 bits per heavy atom. The predicted molar refractivity (Wildman–Crippen MR) is 63.8 cm³/mol. The zero-order valence-corrected chi connectivity index (χ0v) is 10.6. The lowest BCUT2D eigenvalue weighted by Gasteiger charge is -2.54. The molecule has 15 heavy (non-hydrogen) atoms. The van der Waals surface area contributed by atoms with Gasteiger partial charge in [0.15, 0.2) is 5.78 Å². The summed E-state index contributed by atoms with van der Waals surface area (Å²) in [6.07, 6.45) is 3.50. The number of hydrogen-bond acceptors (Lipinski definition) is 2. The fourth-order valence-electron chi connectivity index (χ4n) is 2.66. The van der Waals surface area contributed by atoms with Gasteiger partial charge in [0.25, 0.3) is 0 Å². The molecule has 1 aliphatic rings. The Kier molecular flexibility index (Phi) is 3.11. The van der Waals surface area contributed by atoms with Crippen LogP contribution < -0.4 is 0 Å². The minimum atomic E-state index is -0.0764. The molecule has 1 heterocycles. The third-order valence-electron chi connectivity index (χ3n) is 4.21. The van der Waals surface area contributed by atoms with Gasteiger partial charge in [0.1, 0.15) is 0 Å². The van der Waals surface area contributed by atoms with Crippen molar-refractivity contribution in [3.05, 3.63) is 12.7 Å². The highest BCUT2D eigenvalue weighted by atomic mass is 16.1. The molecule has 0 spiro atoms. The Morgan fingerprint density at radius 1 is 1.40 bits per heavy atom. The summed E-state index contributed by atoms with van der Waals surface area (Å²) in [6.45, 7) is 12.4. The van der Waals surface area contributed by atoms with Gasteiger partial charge < -0.3 is 0 Å². The lowest BCUT2D eigenvalue weighted by Crippen LogP contribution is -2.61. The lowest BCUT2D eigenvalue weighted by atomic mass is 9.71.